The highest BCUT2D eigenvalue weighted by molar-refractivity contribution is 5.67. The summed E-state index contributed by atoms with van der Waals surface area (Å²) in [6, 6.07) is 17.5. The summed E-state index contributed by atoms with van der Waals surface area (Å²) in [7, 11) is 0. The highest BCUT2D eigenvalue weighted by Gasteiger charge is 2.01. The van der Waals surface area contributed by atoms with Gasteiger partial charge in [0.25, 0.3) is 0 Å². The average molecular weight is 225 g/mol. The Morgan fingerprint density at radius 3 is 2.53 bits per heavy atom. The zero-order valence-corrected chi connectivity index (χ0v) is 10.4. The van der Waals surface area contributed by atoms with Crippen LogP contribution in [0.3, 0.4) is 0 Å². The summed E-state index contributed by atoms with van der Waals surface area (Å²) in [4.78, 5) is 0. The molecular formula is C16H17O. The Balaban J connectivity index is 2.21. The van der Waals surface area contributed by atoms with Crippen LogP contribution in [0.2, 0.25) is 0 Å². The summed E-state index contributed by atoms with van der Waals surface area (Å²) < 4.78 is 5.57. The molecule has 2 aromatic rings. The topological polar surface area (TPSA) is 9.23 Å². The van der Waals surface area contributed by atoms with Crippen LogP contribution in [0.25, 0.3) is 11.1 Å². The van der Waals surface area contributed by atoms with Crippen molar-refractivity contribution < 1.29 is 4.74 Å². The van der Waals surface area contributed by atoms with E-state index in [2.05, 4.69) is 38.1 Å². The number of ether oxygens (including phenoxy) is 1. The molecule has 87 valence electrons. The first-order valence-corrected chi connectivity index (χ1v) is 6.02. The zero-order valence-electron chi connectivity index (χ0n) is 10.4. The van der Waals surface area contributed by atoms with E-state index < -0.39 is 0 Å². The van der Waals surface area contributed by atoms with Crippen LogP contribution in [0.5, 0.6) is 5.75 Å². The minimum Gasteiger partial charge on any atom is -0.494 e. The Labute approximate surface area is 103 Å². The van der Waals surface area contributed by atoms with Gasteiger partial charge in [-0.1, -0.05) is 37.3 Å². The molecule has 2 rings (SSSR count). The van der Waals surface area contributed by atoms with Crippen molar-refractivity contribution in [3.05, 3.63) is 54.1 Å². The molecular weight excluding hydrogens is 208 g/mol. The molecule has 0 atom stereocenters. The van der Waals surface area contributed by atoms with Gasteiger partial charge in [0.1, 0.15) is 5.75 Å². The standard InChI is InChI=1S/C16H17O/c1-3-12-17-15-10-8-14(9-11-15)16-7-5-4-6-13(16)2/h4-5,7-11H,3,12H2,1-2H3. The van der Waals surface area contributed by atoms with E-state index >= 15 is 0 Å². The third-order valence-corrected chi connectivity index (χ3v) is 2.70. The van der Waals surface area contributed by atoms with Crippen molar-refractivity contribution in [2.75, 3.05) is 6.61 Å². The molecule has 0 unspecified atom stereocenters. The van der Waals surface area contributed by atoms with Crippen LogP contribution in [0.1, 0.15) is 18.9 Å². The monoisotopic (exact) mass is 225 g/mol. The lowest BCUT2D eigenvalue weighted by molar-refractivity contribution is 0.317. The van der Waals surface area contributed by atoms with Gasteiger partial charge < -0.3 is 4.74 Å². The fraction of sp³-hybridized carbons (Fsp3) is 0.250. The number of rotatable bonds is 4. The Bertz CT molecular complexity index is 471. The molecule has 0 fully saturated rings. The molecule has 0 spiro atoms. The van der Waals surface area contributed by atoms with Crippen LogP contribution in [0, 0.1) is 13.0 Å². The maximum absolute atomic E-state index is 5.57. The van der Waals surface area contributed by atoms with Crippen LogP contribution in [0.15, 0.2) is 42.5 Å². The molecule has 1 radical (unpaired) electrons. The third kappa shape index (κ3) is 2.88. The lowest BCUT2D eigenvalue weighted by Gasteiger charge is -2.07. The SMILES string of the molecule is CCCOc1ccc(-c2ccc[c]c2C)cc1. The quantitative estimate of drug-likeness (QED) is 0.755. The molecule has 0 aliphatic carbocycles. The van der Waals surface area contributed by atoms with Crippen LogP contribution < -0.4 is 4.74 Å². The molecule has 17 heavy (non-hydrogen) atoms. The van der Waals surface area contributed by atoms with Crippen LogP contribution in [0.4, 0.5) is 0 Å². The molecule has 1 heteroatoms. The van der Waals surface area contributed by atoms with Gasteiger partial charge in [0.2, 0.25) is 0 Å². The molecule has 0 aromatic heterocycles. The minimum atomic E-state index is 0.775. The van der Waals surface area contributed by atoms with Gasteiger partial charge >= 0.3 is 0 Å². The Morgan fingerprint density at radius 2 is 1.88 bits per heavy atom. The van der Waals surface area contributed by atoms with Crippen molar-refractivity contribution in [2.45, 2.75) is 20.3 Å². The molecule has 0 saturated heterocycles. The van der Waals surface area contributed by atoms with E-state index in [4.69, 9.17) is 4.74 Å². The third-order valence-electron chi connectivity index (χ3n) is 2.70. The number of hydrogen-bond donors (Lipinski definition) is 0. The summed E-state index contributed by atoms with van der Waals surface area (Å²) >= 11 is 0. The maximum atomic E-state index is 5.57. The number of benzene rings is 2. The van der Waals surface area contributed by atoms with Gasteiger partial charge in [-0.25, -0.2) is 0 Å². The predicted octanol–water partition coefficient (Wildman–Crippen LogP) is 4.25. The smallest absolute Gasteiger partial charge is 0.119 e. The first-order valence-electron chi connectivity index (χ1n) is 6.02. The number of hydrogen-bond acceptors (Lipinski definition) is 1. The molecule has 0 heterocycles. The summed E-state index contributed by atoms with van der Waals surface area (Å²) in [6.07, 6.45) is 1.04. The van der Waals surface area contributed by atoms with E-state index in [0.29, 0.717) is 0 Å². The Hall–Kier alpha value is -1.76. The zero-order chi connectivity index (χ0) is 12.1. The van der Waals surface area contributed by atoms with Gasteiger partial charge in [-0.2, -0.15) is 0 Å². The van der Waals surface area contributed by atoms with Gasteiger partial charge in [0.15, 0.2) is 0 Å². The number of aryl methyl sites for hydroxylation is 1. The lowest BCUT2D eigenvalue weighted by Crippen LogP contribution is -1.94. The second kappa shape index (κ2) is 5.53. The molecule has 0 aliphatic rings. The van der Waals surface area contributed by atoms with E-state index in [1.165, 1.54) is 16.7 Å². The minimum absolute atomic E-state index is 0.775. The van der Waals surface area contributed by atoms with Crippen LogP contribution in [-0.2, 0) is 0 Å². The van der Waals surface area contributed by atoms with E-state index in [0.717, 1.165) is 18.8 Å². The normalized spacial score (nSPS) is 10.2. The van der Waals surface area contributed by atoms with Crippen molar-refractivity contribution in [1.82, 2.24) is 0 Å². The van der Waals surface area contributed by atoms with E-state index in [9.17, 15) is 0 Å². The average Bonchev–Trinajstić information content (AvgIpc) is 2.38. The van der Waals surface area contributed by atoms with Gasteiger partial charge in [0, 0.05) is 0 Å². The Kier molecular flexibility index (Phi) is 3.81. The molecule has 0 aliphatic heterocycles. The summed E-state index contributed by atoms with van der Waals surface area (Å²) in [5.74, 6) is 0.938. The van der Waals surface area contributed by atoms with Gasteiger partial charge in [-0.05, 0) is 48.2 Å². The Morgan fingerprint density at radius 1 is 1.12 bits per heavy atom. The predicted molar refractivity (Wildman–Crippen MR) is 71.2 cm³/mol. The van der Waals surface area contributed by atoms with Gasteiger partial charge in [0.05, 0.1) is 6.61 Å². The fourth-order valence-electron chi connectivity index (χ4n) is 1.78. The summed E-state index contributed by atoms with van der Waals surface area (Å²) in [5.41, 5.74) is 3.62. The summed E-state index contributed by atoms with van der Waals surface area (Å²) in [6.45, 7) is 4.96. The van der Waals surface area contributed by atoms with Crippen molar-refractivity contribution in [1.29, 1.82) is 0 Å². The van der Waals surface area contributed by atoms with Crippen LogP contribution >= 0.6 is 0 Å². The fourth-order valence-corrected chi connectivity index (χ4v) is 1.78. The molecule has 0 N–H and O–H groups in total. The van der Waals surface area contributed by atoms with Crippen molar-refractivity contribution >= 4 is 0 Å². The van der Waals surface area contributed by atoms with Crippen molar-refractivity contribution in [3.8, 4) is 16.9 Å². The maximum Gasteiger partial charge on any atom is 0.119 e. The highest BCUT2D eigenvalue weighted by Crippen LogP contribution is 2.24. The lowest BCUT2D eigenvalue weighted by atomic mass is 10.0. The second-order valence-electron chi connectivity index (χ2n) is 4.08. The van der Waals surface area contributed by atoms with Gasteiger partial charge in [-0.3, -0.25) is 0 Å². The largest absolute Gasteiger partial charge is 0.494 e. The molecule has 1 nitrogen and oxygen atoms in total. The summed E-state index contributed by atoms with van der Waals surface area (Å²) in [5, 5.41) is 0. The highest BCUT2D eigenvalue weighted by atomic mass is 16.5. The first-order chi connectivity index (χ1) is 8.31. The van der Waals surface area contributed by atoms with Crippen molar-refractivity contribution in [3.63, 3.8) is 0 Å². The molecule has 0 bridgehead atoms. The molecule has 0 amide bonds. The molecule has 0 saturated carbocycles. The van der Waals surface area contributed by atoms with E-state index in [-0.39, 0.29) is 0 Å². The first kappa shape index (κ1) is 11.7. The van der Waals surface area contributed by atoms with E-state index in [1.54, 1.807) is 0 Å². The second-order valence-corrected chi connectivity index (χ2v) is 4.08. The van der Waals surface area contributed by atoms with Crippen LogP contribution in [-0.4, -0.2) is 6.61 Å². The van der Waals surface area contributed by atoms with Crippen molar-refractivity contribution in [2.24, 2.45) is 0 Å². The van der Waals surface area contributed by atoms with Gasteiger partial charge in [-0.15, -0.1) is 0 Å². The van der Waals surface area contributed by atoms with E-state index in [1.807, 2.05) is 24.3 Å². The molecule has 2 aromatic carbocycles.